The van der Waals surface area contributed by atoms with E-state index in [0.29, 0.717) is 17.5 Å². The van der Waals surface area contributed by atoms with Crippen molar-refractivity contribution < 1.29 is 4.79 Å². The maximum Gasteiger partial charge on any atom is 0.200 e. The van der Waals surface area contributed by atoms with E-state index < -0.39 is 0 Å². The molecule has 0 radical (unpaired) electrons. The highest BCUT2D eigenvalue weighted by molar-refractivity contribution is 6.10. The summed E-state index contributed by atoms with van der Waals surface area (Å²) in [6.07, 6.45) is 1.70. The number of ketones is 1. The highest BCUT2D eigenvalue weighted by Gasteiger charge is 2.17. The Kier molecular flexibility index (Phi) is 4.43. The minimum atomic E-state index is -0.246. The predicted octanol–water partition coefficient (Wildman–Crippen LogP) is 4.59. The topological polar surface area (TPSA) is 39.1 Å². The molecule has 0 N–H and O–H groups in total. The van der Waals surface area contributed by atoms with E-state index in [-0.39, 0.29) is 16.8 Å². The van der Waals surface area contributed by atoms with Crippen LogP contribution in [0.15, 0.2) is 89.9 Å². The average Bonchev–Trinajstić information content (AvgIpc) is 2.70. The molecule has 0 atom stereocenters. The van der Waals surface area contributed by atoms with Gasteiger partial charge in [-0.15, -0.1) is 0 Å². The van der Waals surface area contributed by atoms with Crippen LogP contribution in [0.2, 0.25) is 0 Å². The monoisotopic (exact) mass is 353 g/mol. The van der Waals surface area contributed by atoms with Crippen LogP contribution in [-0.2, 0) is 6.54 Å². The highest BCUT2D eigenvalue weighted by Crippen LogP contribution is 2.16. The molecule has 3 aromatic carbocycles. The molecule has 0 amide bonds. The fourth-order valence-electron chi connectivity index (χ4n) is 3.39. The van der Waals surface area contributed by atoms with Crippen LogP contribution in [0.5, 0.6) is 0 Å². The number of aromatic nitrogens is 1. The Morgan fingerprint density at radius 1 is 0.889 bits per heavy atom. The number of carbonyl (C=O) groups excluding carboxylic acids is 1. The molecule has 3 heteroatoms. The van der Waals surface area contributed by atoms with Crippen molar-refractivity contribution in [2.24, 2.45) is 0 Å². The van der Waals surface area contributed by atoms with E-state index in [4.69, 9.17) is 0 Å². The number of benzene rings is 3. The first-order valence-electron chi connectivity index (χ1n) is 8.91. The van der Waals surface area contributed by atoms with E-state index in [1.807, 2.05) is 34.9 Å². The second kappa shape index (κ2) is 7.04. The molecule has 0 spiro atoms. The van der Waals surface area contributed by atoms with Crippen LogP contribution >= 0.6 is 0 Å². The van der Waals surface area contributed by atoms with Crippen molar-refractivity contribution in [3.63, 3.8) is 0 Å². The molecule has 0 bridgehead atoms. The molecule has 0 aliphatic heterocycles. The van der Waals surface area contributed by atoms with Gasteiger partial charge in [0.05, 0.1) is 11.1 Å². The first-order chi connectivity index (χ1) is 13.1. The third kappa shape index (κ3) is 3.32. The number of hydrogen-bond acceptors (Lipinski definition) is 2. The summed E-state index contributed by atoms with van der Waals surface area (Å²) >= 11 is 0. The van der Waals surface area contributed by atoms with Gasteiger partial charge < -0.3 is 4.57 Å². The summed E-state index contributed by atoms with van der Waals surface area (Å²) in [5.74, 6) is -0.246. The van der Waals surface area contributed by atoms with Crippen LogP contribution in [0.1, 0.15) is 27.0 Å². The molecule has 0 unspecified atom stereocenters. The summed E-state index contributed by atoms with van der Waals surface area (Å²) in [4.78, 5) is 25.9. The molecule has 0 aliphatic rings. The van der Waals surface area contributed by atoms with Crippen molar-refractivity contribution in [1.29, 1.82) is 0 Å². The van der Waals surface area contributed by atoms with Gasteiger partial charge in [0.2, 0.25) is 5.43 Å². The zero-order valence-electron chi connectivity index (χ0n) is 15.1. The van der Waals surface area contributed by atoms with Crippen LogP contribution in [-0.4, -0.2) is 10.4 Å². The third-order valence-corrected chi connectivity index (χ3v) is 4.70. The Labute approximate surface area is 157 Å². The molecule has 0 aliphatic carbocycles. The first-order valence-corrected chi connectivity index (χ1v) is 8.91. The van der Waals surface area contributed by atoms with Crippen molar-refractivity contribution >= 4 is 16.7 Å². The Bertz CT molecular complexity index is 1190. The number of hydrogen-bond donors (Lipinski definition) is 0. The molecular formula is C24H19NO2. The SMILES string of the molecule is Cc1cccc(Cn2cc(C(=O)c3ccccc3)c(=O)c3ccccc32)c1. The van der Waals surface area contributed by atoms with E-state index in [1.165, 1.54) is 5.56 Å². The first kappa shape index (κ1) is 17.0. The highest BCUT2D eigenvalue weighted by atomic mass is 16.1. The molecule has 0 fully saturated rings. The summed E-state index contributed by atoms with van der Waals surface area (Å²) in [5.41, 5.74) is 3.63. The molecule has 4 rings (SSSR count). The van der Waals surface area contributed by atoms with Crippen molar-refractivity contribution in [2.75, 3.05) is 0 Å². The molecule has 1 heterocycles. The lowest BCUT2D eigenvalue weighted by Gasteiger charge is -2.14. The van der Waals surface area contributed by atoms with Gasteiger partial charge in [-0.1, -0.05) is 72.3 Å². The number of carbonyl (C=O) groups is 1. The van der Waals surface area contributed by atoms with Crippen molar-refractivity contribution in [3.05, 3.63) is 118 Å². The lowest BCUT2D eigenvalue weighted by molar-refractivity contribution is 0.103. The third-order valence-electron chi connectivity index (χ3n) is 4.70. The molecule has 0 saturated carbocycles. The molecule has 1 aromatic heterocycles. The van der Waals surface area contributed by atoms with Crippen molar-refractivity contribution in [2.45, 2.75) is 13.5 Å². The van der Waals surface area contributed by atoms with Gasteiger partial charge in [0.25, 0.3) is 0 Å². The summed E-state index contributed by atoms with van der Waals surface area (Å²) in [6, 6.07) is 24.6. The fraction of sp³-hybridized carbons (Fsp3) is 0.0833. The van der Waals surface area contributed by atoms with Gasteiger partial charge in [-0.3, -0.25) is 9.59 Å². The average molecular weight is 353 g/mol. The number of rotatable bonds is 4. The predicted molar refractivity (Wildman–Crippen MR) is 108 cm³/mol. The quantitative estimate of drug-likeness (QED) is 0.503. The normalized spacial score (nSPS) is 10.9. The minimum Gasteiger partial charge on any atom is -0.342 e. The molecule has 132 valence electrons. The maximum absolute atomic E-state index is 13.0. The van der Waals surface area contributed by atoms with Crippen LogP contribution in [0.3, 0.4) is 0 Å². The van der Waals surface area contributed by atoms with Crippen LogP contribution in [0.25, 0.3) is 10.9 Å². The zero-order chi connectivity index (χ0) is 18.8. The number of pyridine rings is 1. The Balaban J connectivity index is 1.89. The second-order valence-corrected chi connectivity index (χ2v) is 6.70. The van der Waals surface area contributed by atoms with Gasteiger partial charge in [0, 0.05) is 23.7 Å². The van der Waals surface area contributed by atoms with Gasteiger partial charge >= 0.3 is 0 Å². The number of nitrogens with zero attached hydrogens (tertiary/aromatic N) is 1. The van der Waals surface area contributed by atoms with E-state index in [1.54, 1.807) is 36.5 Å². The molecule has 4 aromatic rings. The summed E-state index contributed by atoms with van der Waals surface area (Å²) in [7, 11) is 0. The zero-order valence-corrected chi connectivity index (χ0v) is 15.1. The van der Waals surface area contributed by atoms with E-state index in [2.05, 4.69) is 25.1 Å². The lowest BCUT2D eigenvalue weighted by atomic mass is 10.0. The molecular weight excluding hydrogens is 334 g/mol. The number of aryl methyl sites for hydroxylation is 1. The number of fused-ring (bicyclic) bond motifs is 1. The molecule has 27 heavy (non-hydrogen) atoms. The Hall–Kier alpha value is -3.46. The summed E-state index contributed by atoms with van der Waals surface area (Å²) in [5, 5.41) is 0.562. The van der Waals surface area contributed by atoms with E-state index in [0.717, 1.165) is 11.1 Å². The largest absolute Gasteiger partial charge is 0.342 e. The van der Waals surface area contributed by atoms with Gasteiger partial charge in [-0.05, 0) is 24.6 Å². The number of para-hydroxylation sites is 1. The maximum atomic E-state index is 13.0. The van der Waals surface area contributed by atoms with Gasteiger partial charge in [-0.2, -0.15) is 0 Å². The smallest absolute Gasteiger partial charge is 0.200 e. The summed E-state index contributed by atoms with van der Waals surface area (Å²) in [6.45, 7) is 2.65. The van der Waals surface area contributed by atoms with E-state index >= 15 is 0 Å². The van der Waals surface area contributed by atoms with Crippen LogP contribution in [0, 0.1) is 6.92 Å². The fourth-order valence-corrected chi connectivity index (χ4v) is 3.39. The van der Waals surface area contributed by atoms with Crippen LogP contribution < -0.4 is 5.43 Å². The molecule has 0 saturated heterocycles. The minimum absolute atomic E-state index is 0.201. The summed E-state index contributed by atoms with van der Waals surface area (Å²) < 4.78 is 1.99. The van der Waals surface area contributed by atoms with Crippen molar-refractivity contribution in [1.82, 2.24) is 4.57 Å². The van der Waals surface area contributed by atoms with Crippen LogP contribution in [0.4, 0.5) is 0 Å². The Morgan fingerprint density at radius 2 is 1.63 bits per heavy atom. The van der Waals surface area contributed by atoms with Gasteiger partial charge in [0.15, 0.2) is 5.78 Å². The Morgan fingerprint density at radius 3 is 2.41 bits per heavy atom. The van der Waals surface area contributed by atoms with Crippen molar-refractivity contribution in [3.8, 4) is 0 Å². The second-order valence-electron chi connectivity index (χ2n) is 6.70. The van der Waals surface area contributed by atoms with Gasteiger partial charge in [-0.25, -0.2) is 0 Å². The van der Waals surface area contributed by atoms with Gasteiger partial charge in [0.1, 0.15) is 0 Å². The molecule has 3 nitrogen and oxygen atoms in total. The van der Waals surface area contributed by atoms with E-state index in [9.17, 15) is 9.59 Å². The standard InChI is InChI=1S/C24H19NO2/c1-17-8-7-9-18(14-17)15-25-16-21(23(26)19-10-3-2-4-11-19)24(27)20-12-5-6-13-22(20)25/h2-14,16H,15H2,1H3. The lowest BCUT2D eigenvalue weighted by Crippen LogP contribution is -2.20.